The molecule has 2 aromatic carbocycles. The van der Waals surface area contributed by atoms with E-state index < -0.39 is 0 Å². The Hall–Kier alpha value is -2.03. The van der Waals surface area contributed by atoms with Gasteiger partial charge >= 0.3 is 0 Å². The summed E-state index contributed by atoms with van der Waals surface area (Å²) in [6.07, 6.45) is 0. The van der Waals surface area contributed by atoms with Crippen LogP contribution in [-0.2, 0) is 6.61 Å². The Bertz CT molecular complexity index is 483. The SMILES string of the molecule is COc1ccc(F)c(OCc2ccccc2)c1. The molecule has 0 radical (unpaired) electrons. The summed E-state index contributed by atoms with van der Waals surface area (Å²) in [6.45, 7) is 0.338. The fourth-order valence-electron chi connectivity index (χ4n) is 1.46. The van der Waals surface area contributed by atoms with Crippen LogP contribution < -0.4 is 9.47 Å². The molecular weight excluding hydrogens is 219 g/mol. The predicted octanol–water partition coefficient (Wildman–Crippen LogP) is 3.41. The Labute approximate surface area is 99.6 Å². The van der Waals surface area contributed by atoms with Crippen LogP contribution in [-0.4, -0.2) is 7.11 Å². The maximum atomic E-state index is 13.4. The topological polar surface area (TPSA) is 18.5 Å². The lowest BCUT2D eigenvalue weighted by molar-refractivity contribution is 0.287. The second kappa shape index (κ2) is 5.34. The third kappa shape index (κ3) is 2.97. The fraction of sp³-hybridized carbons (Fsp3) is 0.143. The predicted molar refractivity (Wildman–Crippen MR) is 63.7 cm³/mol. The molecule has 2 aromatic rings. The van der Waals surface area contributed by atoms with E-state index >= 15 is 0 Å². The van der Waals surface area contributed by atoms with Crippen molar-refractivity contribution >= 4 is 0 Å². The molecule has 0 saturated carbocycles. The van der Waals surface area contributed by atoms with Gasteiger partial charge in [-0.25, -0.2) is 4.39 Å². The highest BCUT2D eigenvalue weighted by Crippen LogP contribution is 2.24. The molecule has 0 N–H and O–H groups in total. The highest BCUT2D eigenvalue weighted by atomic mass is 19.1. The molecule has 2 rings (SSSR count). The summed E-state index contributed by atoms with van der Waals surface area (Å²) in [5.41, 5.74) is 0.995. The van der Waals surface area contributed by atoms with Gasteiger partial charge in [-0.3, -0.25) is 0 Å². The molecule has 0 aromatic heterocycles. The molecule has 0 bridgehead atoms. The van der Waals surface area contributed by atoms with E-state index in [1.54, 1.807) is 6.07 Å². The number of rotatable bonds is 4. The van der Waals surface area contributed by atoms with Crippen molar-refractivity contribution in [3.8, 4) is 11.5 Å². The molecule has 0 amide bonds. The van der Waals surface area contributed by atoms with Gasteiger partial charge in [0.2, 0.25) is 0 Å². The van der Waals surface area contributed by atoms with Gasteiger partial charge in [-0.05, 0) is 17.7 Å². The van der Waals surface area contributed by atoms with Crippen molar-refractivity contribution in [2.75, 3.05) is 7.11 Å². The summed E-state index contributed by atoms with van der Waals surface area (Å²) in [5.74, 6) is 0.393. The van der Waals surface area contributed by atoms with Gasteiger partial charge in [0, 0.05) is 6.07 Å². The number of benzene rings is 2. The van der Waals surface area contributed by atoms with Crippen molar-refractivity contribution < 1.29 is 13.9 Å². The third-order valence-corrected chi connectivity index (χ3v) is 2.38. The van der Waals surface area contributed by atoms with Crippen LogP contribution in [0.4, 0.5) is 4.39 Å². The Morgan fingerprint density at radius 1 is 1.06 bits per heavy atom. The van der Waals surface area contributed by atoms with Crippen molar-refractivity contribution in [3.63, 3.8) is 0 Å². The Morgan fingerprint density at radius 2 is 1.82 bits per heavy atom. The van der Waals surface area contributed by atoms with Gasteiger partial charge < -0.3 is 9.47 Å². The Morgan fingerprint density at radius 3 is 2.53 bits per heavy atom. The lowest BCUT2D eigenvalue weighted by Crippen LogP contribution is -1.97. The second-order valence-corrected chi connectivity index (χ2v) is 3.57. The lowest BCUT2D eigenvalue weighted by atomic mass is 10.2. The van der Waals surface area contributed by atoms with Crippen LogP contribution in [0.25, 0.3) is 0 Å². The summed E-state index contributed by atoms with van der Waals surface area (Å²) >= 11 is 0. The number of halogens is 1. The first-order valence-electron chi connectivity index (χ1n) is 5.30. The van der Waals surface area contributed by atoms with Crippen molar-refractivity contribution in [2.24, 2.45) is 0 Å². The van der Waals surface area contributed by atoms with E-state index in [1.807, 2.05) is 30.3 Å². The van der Waals surface area contributed by atoms with Gasteiger partial charge in [-0.1, -0.05) is 30.3 Å². The molecule has 0 atom stereocenters. The number of hydrogen-bond donors (Lipinski definition) is 0. The first-order valence-corrected chi connectivity index (χ1v) is 5.30. The fourth-order valence-corrected chi connectivity index (χ4v) is 1.46. The average molecular weight is 232 g/mol. The maximum absolute atomic E-state index is 13.4. The van der Waals surface area contributed by atoms with Gasteiger partial charge in [0.1, 0.15) is 12.4 Å². The molecule has 3 heteroatoms. The van der Waals surface area contributed by atoms with Crippen molar-refractivity contribution in [1.29, 1.82) is 0 Å². The first kappa shape index (κ1) is 11.5. The van der Waals surface area contributed by atoms with Gasteiger partial charge in [-0.2, -0.15) is 0 Å². The summed E-state index contributed by atoms with van der Waals surface area (Å²) in [6, 6.07) is 14.1. The van der Waals surface area contributed by atoms with Crippen LogP contribution in [0.15, 0.2) is 48.5 Å². The van der Waals surface area contributed by atoms with Crippen molar-refractivity contribution in [2.45, 2.75) is 6.61 Å². The first-order chi connectivity index (χ1) is 8.29. The minimum absolute atomic E-state index is 0.202. The summed E-state index contributed by atoms with van der Waals surface area (Å²) in [5, 5.41) is 0. The van der Waals surface area contributed by atoms with E-state index in [0.717, 1.165) is 5.56 Å². The quantitative estimate of drug-likeness (QED) is 0.804. The molecule has 0 unspecified atom stereocenters. The van der Waals surface area contributed by atoms with Crippen LogP contribution in [0, 0.1) is 5.82 Å². The van der Waals surface area contributed by atoms with Gasteiger partial charge in [0.25, 0.3) is 0 Å². The zero-order chi connectivity index (χ0) is 12.1. The van der Waals surface area contributed by atoms with Crippen LogP contribution in [0.2, 0.25) is 0 Å². The standard InChI is InChI=1S/C14H13FO2/c1-16-12-7-8-13(15)14(9-12)17-10-11-5-3-2-4-6-11/h2-9H,10H2,1H3. The van der Waals surface area contributed by atoms with E-state index in [4.69, 9.17) is 9.47 Å². The van der Waals surface area contributed by atoms with Gasteiger partial charge in [0.15, 0.2) is 11.6 Å². The molecule has 0 spiro atoms. The molecule has 0 fully saturated rings. The van der Waals surface area contributed by atoms with Crippen LogP contribution >= 0.6 is 0 Å². The summed E-state index contributed by atoms with van der Waals surface area (Å²) in [7, 11) is 1.54. The normalized spacial score (nSPS) is 10.0. The molecule has 88 valence electrons. The molecule has 0 heterocycles. The summed E-state index contributed by atoms with van der Waals surface area (Å²) < 4.78 is 23.9. The average Bonchev–Trinajstić information content (AvgIpc) is 2.39. The van der Waals surface area contributed by atoms with E-state index in [9.17, 15) is 4.39 Å². The van der Waals surface area contributed by atoms with Crippen LogP contribution in [0.1, 0.15) is 5.56 Å². The highest BCUT2D eigenvalue weighted by Gasteiger charge is 2.05. The minimum atomic E-state index is -0.387. The van der Waals surface area contributed by atoms with Crippen LogP contribution in [0.3, 0.4) is 0 Å². The van der Waals surface area contributed by atoms with E-state index in [0.29, 0.717) is 12.4 Å². The minimum Gasteiger partial charge on any atom is -0.497 e. The smallest absolute Gasteiger partial charge is 0.165 e. The Balaban J connectivity index is 2.08. The third-order valence-electron chi connectivity index (χ3n) is 2.38. The second-order valence-electron chi connectivity index (χ2n) is 3.57. The maximum Gasteiger partial charge on any atom is 0.165 e. The molecule has 0 saturated heterocycles. The molecule has 0 aliphatic heterocycles. The number of hydrogen-bond acceptors (Lipinski definition) is 2. The number of ether oxygens (including phenoxy) is 2. The molecule has 0 aliphatic carbocycles. The molecular formula is C14H13FO2. The van der Waals surface area contributed by atoms with Crippen molar-refractivity contribution in [1.82, 2.24) is 0 Å². The van der Waals surface area contributed by atoms with Gasteiger partial charge in [-0.15, -0.1) is 0 Å². The highest BCUT2D eigenvalue weighted by molar-refractivity contribution is 5.34. The van der Waals surface area contributed by atoms with Gasteiger partial charge in [0.05, 0.1) is 7.11 Å². The van der Waals surface area contributed by atoms with Crippen LogP contribution in [0.5, 0.6) is 11.5 Å². The molecule has 17 heavy (non-hydrogen) atoms. The number of methoxy groups -OCH3 is 1. The summed E-state index contributed by atoms with van der Waals surface area (Å²) in [4.78, 5) is 0. The largest absolute Gasteiger partial charge is 0.497 e. The van der Waals surface area contributed by atoms with E-state index in [1.165, 1.54) is 19.2 Å². The van der Waals surface area contributed by atoms with Crippen molar-refractivity contribution in [3.05, 3.63) is 59.9 Å². The molecule has 0 aliphatic rings. The zero-order valence-electron chi connectivity index (χ0n) is 9.52. The Kier molecular flexibility index (Phi) is 3.60. The monoisotopic (exact) mass is 232 g/mol. The molecule has 2 nitrogen and oxygen atoms in total. The van der Waals surface area contributed by atoms with E-state index in [2.05, 4.69) is 0 Å². The van der Waals surface area contributed by atoms with E-state index in [-0.39, 0.29) is 11.6 Å². The zero-order valence-corrected chi connectivity index (χ0v) is 9.52. The lowest BCUT2D eigenvalue weighted by Gasteiger charge is -2.08.